The number of furan rings is 1. The lowest BCUT2D eigenvalue weighted by molar-refractivity contribution is 0.0677. The van der Waals surface area contributed by atoms with Crippen molar-refractivity contribution in [2.75, 3.05) is 14.2 Å². The lowest BCUT2D eigenvalue weighted by Gasteiger charge is -2.22. The van der Waals surface area contributed by atoms with Gasteiger partial charge < -0.3 is 13.9 Å². The summed E-state index contributed by atoms with van der Waals surface area (Å²) in [5, 5.41) is 6.65. The molecule has 0 radical (unpaired) electrons. The van der Waals surface area contributed by atoms with Crippen LogP contribution in [0, 0.1) is 0 Å². The zero-order valence-electron chi connectivity index (χ0n) is 16.3. The molecule has 0 bridgehead atoms. The zero-order valence-corrected chi connectivity index (χ0v) is 18.6. The highest BCUT2D eigenvalue weighted by atomic mass is 79.9. The summed E-state index contributed by atoms with van der Waals surface area (Å²) in [6, 6.07) is 15.9. The molecular weight excluding hydrogens is 472 g/mol. The van der Waals surface area contributed by atoms with E-state index in [1.165, 1.54) is 5.01 Å². The van der Waals surface area contributed by atoms with Crippen molar-refractivity contribution in [3.8, 4) is 11.5 Å². The van der Waals surface area contributed by atoms with Gasteiger partial charge in [-0.05, 0) is 51.8 Å². The highest BCUT2D eigenvalue weighted by molar-refractivity contribution is 9.10. The van der Waals surface area contributed by atoms with Gasteiger partial charge in [0.2, 0.25) is 0 Å². The number of ether oxygens (including phenoxy) is 2. The topological polar surface area (TPSA) is 64.3 Å². The van der Waals surface area contributed by atoms with Crippen molar-refractivity contribution in [3.05, 3.63) is 81.2 Å². The highest BCUT2D eigenvalue weighted by Crippen LogP contribution is 2.39. The summed E-state index contributed by atoms with van der Waals surface area (Å²) in [4.78, 5) is 13.2. The Labute approximate surface area is 187 Å². The van der Waals surface area contributed by atoms with Gasteiger partial charge in [0.15, 0.2) is 21.9 Å². The van der Waals surface area contributed by atoms with E-state index < -0.39 is 0 Å². The normalized spacial score (nSPS) is 15.8. The molecule has 1 aliphatic heterocycles. The van der Waals surface area contributed by atoms with Gasteiger partial charge >= 0.3 is 5.91 Å². The minimum Gasteiger partial charge on any atom is -0.493 e. The fraction of sp³-hybridized carbons (Fsp3) is 0.182. The molecule has 2 aromatic carbocycles. The summed E-state index contributed by atoms with van der Waals surface area (Å²) in [6.07, 6.45) is 0.493. The molecule has 6 nitrogen and oxygen atoms in total. The third-order valence-corrected chi connectivity index (χ3v) is 5.64. The molecule has 1 aliphatic rings. The Balaban J connectivity index is 1.76. The SMILES string of the molecule is COc1ccc([C@@H]2CC(c3ccccc3Cl)=NN2C(=O)c2ccc(Br)o2)cc1OC. The van der Waals surface area contributed by atoms with Gasteiger partial charge in [0, 0.05) is 17.0 Å². The van der Waals surface area contributed by atoms with E-state index in [0.29, 0.717) is 27.6 Å². The van der Waals surface area contributed by atoms with E-state index in [1.54, 1.807) is 32.4 Å². The quantitative estimate of drug-likeness (QED) is 0.461. The third-order valence-electron chi connectivity index (χ3n) is 4.88. The Kier molecular flexibility index (Phi) is 5.83. The van der Waals surface area contributed by atoms with Crippen molar-refractivity contribution in [2.24, 2.45) is 5.10 Å². The summed E-state index contributed by atoms with van der Waals surface area (Å²) >= 11 is 9.63. The molecule has 1 atom stereocenters. The van der Waals surface area contributed by atoms with Crippen LogP contribution < -0.4 is 9.47 Å². The molecule has 30 heavy (non-hydrogen) atoms. The Morgan fingerprint density at radius 2 is 1.90 bits per heavy atom. The van der Waals surface area contributed by atoms with Crippen LogP contribution in [0.25, 0.3) is 0 Å². The molecule has 2 heterocycles. The van der Waals surface area contributed by atoms with E-state index in [2.05, 4.69) is 21.0 Å². The maximum atomic E-state index is 13.2. The van der Waals surface area contributed by atoms with Crippen LogP contribution >= 0.6 is 27.5 Å². The van der Waals surface area contributed by atoms with Crippen LogP contribution in [0.5, 0.6) is 11.5 Å². The van der Waals surface area contributed by atoms with Crippen molar-refractivity contribution < 1.29 is 18.7 Å². The van der Waals surface area contributed by atoms with E-state index >= 15 is 0 Å². The molecule has 0 aliphatic carbocycles. The van der Waals surface area contributed by atoms with E-state index in [4.69, 9.17) is 25.5 Å². The highest BCUT2D eigenvalue weighted by Gasteiger charge is 2.36. The van der Waals surface area contributed by atoms with Crippen LogP contribution in [0.15, 0.2) is 68.8 Å². The summed E-state index contributed by atoms with van der Waals surface area (Å²) in [5.41, 5.74) is 2.37. The first-order valence-electron chi connectivity index (χ1n) is 9.15. The van der Waals surface area contributed by atoms with E-state index in [0.717, 1.165) is 16.8 Å². The van der Waals surface area contributed by atoms with Gasteiger partial charge in [-0.1, -0.05) is 35.9 Å². The van der Waals surface area contributed by atoms with Gasteiger partial charge in [-0.25, -0.2) is 5.01 Å². The van der Waals surface area contributed by atoms with Crippen LogP contribution in [0.2, 0.25) is 5.02 Å². The average molecular weight is 490 g/mol. The Morgan fingerprint density at radius 1 is 1.13 bits per heavy atom. The van der Waals surface area contributed by atoms with Crippen LogP contribution in [0.1, 0.15) is 34.1 Å². The Morgan fingerprint density at radius 3 is 2.57 bits per heavy atom. The summed E-state index contributed by atoms with van der Waals surface area (Å²) in [7, 11) is 3.15. The molecule has 0 saturated heterocycles. The molecule has 1 amide bonds. The van der Waals surface area contributed by atoms with E-state index in [9.17, 15) is 4.79 Å². The number of hydrogen-bond acceptors (Lipinski definition) is 5. The van der Waals surface area contributed by atoms with E-state index in [-0.39, 0.29) is 17.7 Å². The number of rotatable bonds is 5. The number of carbonyl (C=O) groups excluding carboxylic acids is 1. The van der Waals surface area contributed by atoms with Crippen molar-refractivity contribution in [1.82, 2.24) is 5.01 Å². The number of amides is 1. The predicted octanol–water partition coefficient (Wildman–Crippen LogP) is 5.70. The Hall–Kier alpha value is -2.77. The number of nitrogens with zero attached hydrogens (tertiary/aromatic N) is 2. The number of halogens is 2. The van der Waals surface area contributed by atoms with Crippen molar-refractivity contribution in [1.29, 1.82) is 0 Å². The number of benzene rings is 2. The molecular formula is C22H18BrClN2O4. The van der Waals surface area contributed by atoms with Gasteiger partial charge in [-0.3, -0.25) is 4.79 Å². The molecule has 0 spiro atoms. The van der Waals surface area contributed by atoms with Crippen LogP contribution in [-0.2, 0) is 0 Å². The largest absolute Gasteiger partial charge is 0.493 e. The van der Waals surface area contributed by atoms with Gasteiger partial charge in [-0.15, -0.1) is 0 Å². The van der Waals surface area contributed by atoms with Gasteiger partial charge in [-0.2, -0.15) is 5.10 Å². The van der Waals surface area contributed by atoms with Crippen LogP contribution in [0.3, 0.4) is 0 Å². The second-order valence-corrected chi connectivity index (χ2v) is 7.80. The number of carbonyl (C=O) groups is 1. The fourth-order valence-electron chi connectivity index (χ4n) is 3.42. The number of hydrogen-bond donors (Lipinski definition) is 0. The number of methoxy groups -OCH3 is 2. The monoisotopic (exact) mass is 488 g/mol. The van der Waals surface area contributed by atoms with Crippen molar-refractivity contribution in [2.45, 2.75) is 12.5 Å². The molecule has 154 valence electrons. The summed E-state index contributed by atoms with van der Waals surface area (Å²) < 4.78 is 16.7. The molecule has 0 N–H and O–H groups in total. The molecule has 8 heteroatoms. The van der Waals surface area contributed by atoms with Crippen LogP contribution in [0.4, 0.5) is 0 Å². The van der Waals surface area contributed by atoms with Crippen LogP contribution in [-0.4, -0.2) is 30.8 Å². The van der Waals surface area contributed by atoms with Gasteiger partial charge in [0.05, 0.1) is 26.0 Å². The van der Waals surface area contributed by atoms with Crippen molar-refractivity contribution >= 4 is 39.1 Å². The first-order valence-corrected chi connectivity index (χ1v) is 10.3. The van der Waals surface area contributed by atoms with Gasteiger partial charge in [0.25, 0.3) is 0 Å². The molecule has 1 aromatic heterocycles. The van der Waals surface area contributed by atoms with Crippen molar-refractivity contribution in [3.63, 3.8) is 0 Å². The standard InChI is InChI=1S/C22H18BrClN2O4/c1-28-18-8-7-13(11-20(18)29-2)17-12-16(14-5-3-4-6-15(14)24)25-26(17)22(27)19-9-10-21(23)30-19/h3-11,17H,12H2,1-2H3/t17-/m0/s1. The lowest BCUT2D eigenvalue weighted by Crippen LogP contribution is -2.26. The smallest absolute Gasteiger partial charge is 0.310 e. The molecule has 3 aromatic rings. The Bertz CT molecular complexity index is 1130. The molecule has 0 saturated carbocycles. The lowest BCUT2D eigenvalue weighted by atomic mass is 9.98. The number of hydrazone groups is 1. The minimum atomic E-state index is -0.354. The first-order chi connectivity index (χ1) is 14.5. The average Bonchev–Trinajstić information content (AvgIpc) is 3.40. The molecule has 4 rings (SSSR count). The molecule has 0 fully saturated rings. The second-order valence-electron chi connectivity index (χ2n) is 6.61. The van der Waals surface area contributed by atoms with E-state index in [1.807, 2.05) is 36.4 Å². The summed E-state index contributed by atoms with van der Waals surface area (Å²) in [6.45, 7) is 0. The second kappa shape index (κ2) is 8.53. The summed E-state index contributed by atoms with van der Waals surface area (Å²) in [5.74, 6) is 1.03. The molecule has 0 unspecified atom stereocenters. The first kappa shape index (κ1) is 20.5. The zero-order chi connectivity index (χ0) is 21.3. The predicted molar refractivity (Wildman–Crippen MR) is 117 cm³/mol. The van der Waals surface area contributed by atoms with Gasteiger partial charge in [0.1, 0.15) is 0 Å². The minimum absolute atomic E-state index is 0.191. The maximum Gasteiger partial charge on any atom is 0.310 e. The third kappa shape index (κ3) is 3.82. The maximum absolute atomic E-state index is 13.2. The fourth-order valence-corrected chi connectivity index (χ4v) is 3.97.